The van der Waals surface area contributed by atoms with E-state index in [4.69, 9.17) is 11.5 Å². The zero-order valence-electron chi connectivity index (χ0n) is 8.53. The SMILES string of the molecule is C#CCCCNc1cc(C(=O)O)c(Br)cn1. The van der Waals surface area contributed by atoms with E-state index in [1.54, 1.807) is 0 Å². The molecule has 5 heteroatoms. The number of rotatable bonds is 5. The molecule has 0 fully saturated rings. The Balaban J connectivity index is 2.65. The molecule has 0 spiro atoms. The summed E-state index contributed by atoms with van der Waals surface area (Å²) in [5.74, 6) is 2.08. The van der Waals surface area contributed by atoms with Crippen LogP contribution in [0.1, 0.15) is 23.2 Å². The van der Waals surface area contributed by atoms with Gasteiger partial charge in [-0.15, -0.1) is 12.3 Å². The van der Waals surface area contributed by atoms with Crippen LogP contribution in [0.4, 0.5) is 5.82 Å². The first-order valence-corrected chi connectivity index (χ1v) is 5.50. The molecule has 4 nitrogen and oxygen atoms in total. The average Bonchev–Trinajstić information content (AvgIpc) is 2.26. The molecule has 0 aliphatic carbocycles. The second-order valence-electron chi connectivity index (χ2n) is 3.09. The Morgan fingerprint density at radius 2 is 2.44 bits per heavy atom. The molecular weight excluding hydrogens is 272 g/mol. The van der Waals surface area contributed by atoms with Crippen LogP contribution in [0.15, 0.2) is 16.7 Å². The second-order valence-corrected chi connectivity index (χ2v) is 3.94. The van der Waals surface area contributed by atoms with Crippen molar-refractivity contribution in [3.63, 3.8) is 0 Å². The van der Waals surface area contributed by atoms with E-state index in [0.29, 0.717) is 23.3 Å². The molecule has 0 aliphatic heterocycles. The summed E-state index contributed by atoms with van der Waals surface area (Å²) in [6, 6.07) is 1.49. The molecule has 0 aliphatic rings. The molecule has 16 heavy (non-hydrogen) atoms. The minimum atomic E-state index is -0.985. The van der Waals surface area contributed by atoms with Crippen LogP contribution in [0.2, 0.25) is 0 Å². The van der Waals surface area contributed by atoms with Crippen LogP contribution in [0, 0.1) is 12.3 Å². The van der Waals surface area contributed by atoms with Gasteiger partial charge in [-0.1, -0.05) is 0 Å². The highest BCUT2D eigenvalue weighted by molar-refractivity contribution is 9.10. The molecule has 0 amide bonds. The smallest absolute Gasteiger partial charge is 0.337 e. The maximum atomic E-state index is 10.8. The first-order chi connectivity index (χ1) is 7.65. The van der Waals surface area contributed by atoms with Crippen LogP contribution in [-0.4, -0.2) is 22.6 Å². The third-order valence-corrected chi connectivity index (χ3v) is 2.52. The van der Waals surface area contributed by atoms with Crippen molar-refractivity contribution in [2.24, 2.45) is 0 Å². The third-order valence-electron chi connectivity index (χ3n) is 1.89. The number of terminal acetylenes is 1. The van der Waals surface area contributed by atoms with Crippen LogP contribution in [-0.2, 0) is 0 Å². The van der Waals surface area contributed by atoms with Crippen molar-refractivity contribution in [3.8, 4) is 12.3 Å². The Bertz CT molecular complexity index is 426. The number of nitrogens with one attached hydrogen (secondary N) is 1. The summed E-state index contributed by atoms with van der Waals surface area (Å²) in [7, 11) is 0. The van der Waals surface area contributed by atoms with Gasteiger partial charge in [0.2, 0.25) is 0 Å². The quantitative estimate of drug-likeness (QED) is 0.643. The summed E-state index contributed by atoms with van der Waals surface area (Å²) in [5, 5.41) is 11.9. The summed E-state index contributed by atoms with van der Waals surface area (Å²) in [6.45, 7) is 0.678. The Morgan fingerprint density at radius 3 is 3.06 bits per heavy atom. The van der Waals surface area contributed by atoms with Gasteiger partial charge in [0.15, 0.2) is 0 Å². The minimum absolute atomic E-state index is 0.189. The predicted octanol–water partition coefficient (Wildman–Crippen LogP) is 2.37. The Morgan fingerprint density at radius 1 is 1.69 bits per heavy atom. The van der Waals surface area contributed by atoms with Gasteiger partial charge in [-0.05, 0) is 28.4 Å². The number of carboxylic acid groups (broad SMARTS) is 1. The topological polar surface area (TPSA) is 62.2 Å². The van der Waals surface area contributed by atoms with Gasteiger partial charge >= 0.3 is 5.97 Å². The third kappa shape index (κ3) is 3.55. The van der Waals surface area contributed by atoms with E-state index < -0.39 is 5.97 Å². The van der Waals surface area contributed by atoms with E-state index in [0.717, 1.165) is 6.42 Å². The molecule has 1 heterocycles. The van der Waals surface area contributed by atoms with Gasteiger partial charge in [-0.2, -0.15) is 0 Å². The zero-order chi connectivity index (χ0) is 12.0. The molecule has 0 bridgehead atoms. The van der Waals surface area contributed by atoms with Crippen molar-refractivity contribution in [2.45, 2.75) is 12.8 Å². The van der Waals surface area contributed by atoms with Gasteiger partial charge < -0.3 is 10.4 Å². The summed E-state index contributed by atoms with van der Waals surface area (Å²) >= 11 is 3.13. The number of unbranched alkanes of at least 4 members (excludes halogenated alkanes) is 1. The number of pyridine rings is 1. The summed E-state index contributed by atoms with van der Waals surface area (Å²) < 4.78 is 0.467. The first kappa shape index (κ1) is 12.5. The normalized spacial score (nSPS) is 9.50. The van der Waals surface area contributed by atoms with Gasteiger partial charge in [0.25, 0.3) is 0 Å². The van der Waals surface area contributed by atoms with Crippen molar-refractivity contribution in [1.29, 1.82) is 0 Å². The molecule has 84 valence electrons. The van der Waals surface area contributed by atoms with E-state index >= 15 is 0 Å². The van der Waals surface area contributed by atoms with Crippen molar-refractivity contribution >= 4 is 27.7 Å². The fourth-order valence-corrected chi connectivity index (χ4v) is 1.49. The van der Waals surface area contributed by atoms with Crippen LogP contribution < -0.4 is 5.32 Å². The molecule has 1 aromatic rings. The molecule has 0 unspecified atom stereocenters. The van der Waals surface area contributed by atoms with E-state index in [1.165, 1.54) is 12.3 Å². The highest BCUT2D eigenvalue weighted by Crippen LogP contribution is 2.18. The lowest BCUT2D eigenvalue weighted by Crippen LogP contribution is -2.05. The lowest BCUT2D eigenvalue weighted by molar-refractivity contribution is 0.0696. The fraction of sp³-hybridized carbons (Fsp3) is 0.273. The molecule has 0 radical (unpaired) electrons. The second kappa shape index (κ2) is 6.13. The van der Waals surface area contributed by atoms with E-state index in [2.05, 4.69) is 32.2 Å². The van der Waals surface area contributed by atoms with Gasteiger partial charge in [0, 0.05) is 19.2 Å². The number of carbonyl (C=O) groups is 1. The highest BCUT2D eigenvalue weighted by atomic mass is 79.9. The Labute approximate surface area is 102 Å². The van der Waals surface area contributed by atoms with Gasteiger partial charge in [0.05, 0.1) is 10.0 Å². The van der Waals surface area contributed by atoms with Crippen molar-refractivity contribution in [2.75, 3.05) is 11.9 Å². The summed E-state index contributed by atoms with van der Waals surface area (Å²) in [6.07, 6.45) is 8.10. The molecule has 1 aromatic heterocycles. The maximum absolute atomic E-state index is 10.8. The minimum Gasteiger partial charge on any atom is -0.478 e. The molecule has 0 saturated carbocycles. The number of aromatic nitrogens is 1. The average molecular weight is 283 g/mol. The Kier molecular flexibility index (Phi) is 4.80. The van der Waals surface area contributed by atoms with E-state index in [-0.39, 0.29) is 5.56 Å². The van der Waals surface area contributed by atoms with Crippen LogP contribution in [0.3, 0.4) is 0 Å². The molecule has 2 N–H and O–H groups in total. The monoisotopic (exact) mass is 282 g/mol. The number of hydrogen-bond acceptors (Lipinski definition) is 3. The van der Waals surface area contributed by atoms with Crippen LogP contribution in [0.5, 0.6) is 0 Å². The number of hydrogen-bond donors (Lipinski definition) is 2. The van der Waals surface area contributed by atoms with Crippen molar-refractivity contribution in [1.82, 2.24) is 4.98 Å². The largest absolute Gasteiger partial charge is 0.478 e. The lowest BCUT2D eigenvalue weighted by Gasteiger charge is -2.06. The highest BCUT2D eigenvalue weighted by Gasteiger charge is 2.09. The fourth-order valence-electron chi connectivity index (χ4n) is 1.11. The number of nitrogens with zero attached hydrogens (tertiary/aromatic N) is 1. The zero-order valence-corrected chi connectivity index (χ0v) is 10.1. The number of anilines is 1. The van der Waals surface area contributed by atoms with Crippen molar-refractivity contribution < 1.29 is 9.90 Å². The Hall–Kier alpha value is -1.54. The number of aromatic carboxylic acids is 1. The lowest BCUT2D eigenvalue weighted by atomic mass is 10.2. The molecule has 1 rings (SSSR count). The maximum Gasteiger partial charge on any atom is 0.337 e. The van der Waals surface area contributed by atoms with Gasteiger partial charge in [-0.3, -0.25) is 0 Å². The molecular formula is C11H11BrN2O2. The molecule has 0 aromatic carbocycles. The van der Waals surface area contributed by atoms with Gasteiger partial charge in [-0.25, -0.2) is 9.78 Å². The number of carboxylic acids is 1. The van der Waals surface area contributed by atoms with Crippen molar-refractivity contribution in [3.05, 3.63) is 22.3 Å². The predicted molar refractivity (Wildman–Crippen MR) is 65.5 cm³/mol. The molecule has 0 saturated heterocycles. The number of halogens is 1. The van der Waals surface area contributed by atoms with Crippen LogP contribution in [0.25, 0.3) is 0 Å². The van der Waals surface area contributed by atoms with Gasteiger partial charge in [0.1, 0.15) is 5.82 Å². The standard InChI is InChI=1S/C11H11BrN2O2/c1-2-3-4-5-13-10-6-8(11(15)16)9(12)7-14-10/h1,6-7H,3-5H2,(H,13,14)(H,15,16). The van der Waals surface area contributed by atoms with E-state index in [9.17, 15) is 4.79 Å². The van der Waals surface area contributed by atoms with E-state index in [1.807, 2.05) is 0 Å². The summed E-state index contributed by atoms with van der Waals surface area (Å²) in [4.78, 5) is 14.9. The first-order valence-electron chi connectivity index (χ1n) is 4.71. The molecule has 0 atom stereocenters. The van der Waals surface area contributed by atoms with Crippen LogP contribution >= 0.6 is 15.9 Å². The summed E-state index contributed by atoms with van der Waals surface area (Å²) in [5.41, 5.74) is 0.189.